The van der Waals surface area contributed by atoms with E-state index >= 15 is 0 Å². The predicted molar refractivity (Wildman–Crippen MR) is 118 cm³/mol. The maximum Gasteiger partial charge on any atom is 0.254 e. The van der Waals surface area contributed by atoms with Crippen molar-refractivity contribution in [1.82, 2.24) is 19.9 Å². The van der Waals surface area contributed by atoms with E-state index in [0.717, 1.165) is 36.5 Å². The summed E-state index contributed by atoms with van der Waals surface area (Å²) >= 11 is 0. The zero-order valence-electron chi connectivity index (χ0n) is 17.6. The van der Waals surface area contributed by atoms with Crippen molar-refractivity contribution in [1.29, 1.82) is 0 Å². The fraction of sp³-hybridized carbons (Fsp3) is 0.273. The van der Waals surface area contributed by atoms with E-state index in [2.05, 4.69) is 49.7 Å². The van der Waals surface area contributed by atoms with E-state index in [4.69, 9.17) is 10.5 Å². The number of aromatic nitrogens is 3. The SMILES string of the molecule is COc1cc2c(cc1Nc1ncc(C(N)=O)c(NCc3ccncc3)n1)CN(C)CC2. The number of likely N-dealkylation sites (N-methyl/N-ethyl adjacent to an activating group) is 1. The molecule has 0 fully saturated rings. The Bertz CT molecular complexity index is 1090. The smallest absolute Gasteiger partial charge is 0.254 e. The predicted octanol–water partition coefficient (Wildman–Crippen LogP) is 2.32. The molecule has 0 atom stereocenters. The number of benzene rings is 1. The molecule has 9 heteroatoms. The quantitative estimate of drug-likeness (QED) is 0.534. The van der Waals surface area contributed by atoms with Gasteiger partial charge in [-0.1, -0.05) is 0 Å². The number of anilines is 3. The molecule has 3 heterocycles. The minimum Gasteiger partial charge on any atom is -0.495 e. The lowest BCUT2D eigenvalue weighted by Crippen LogP contribution is -2.26. The molecule has 9 nitrogen and oxygen atoms in total. The van der Waals surface area contributed by atoms with Crippen molar-refractivity contribution in [2.45, 2.75) is 19.5 Å². The van der Waals surface area contributed by atoms with Crippen LogP contribution in [-0.4, -0.2) is 46.5 Å². The normalized spacial score (nSPS) is 13.4. The van der Waals surface area contributed by atoms with Gasteiger partial charge >= 0.3 is 0 Å². The molecule has 0 saturated carbocycles. The first-order valence-electron chi connectivity index (χ1n) is 9.98. The second-order valence-electron chi connectivity index (χ2n) is 7.46. The van der Waals surface area contributed by atoms with Crippen LogP contribution in [-0.2, 0) is 19.5 Å². The van der Waals surface area contributed by atoms with Gasteiger partial charge in [-0.25, -0.2) is 4.98 Å². The number of hydrogen-bond donors (Lipinski definition) is 3. The second kappa shape index (κ2) is 8.97. The van der Waals surface area contributed by atoms with E-state index in [1.165, 1.54) is 17.3 Å². The summed E-state index contributed by atoms with van der Waals surface area (Å²) in [4.78, 5) is 26.9. The van der Waals surface area contributed by atoms with E-state index < -0.39 is 5.91 Å². The van der Waals surface area contributed by atoms with Gasteiger partial charge in [-0.2, -0.15) is 4.98 Å². The highest BCUT2D eigenvalue weighted by Gasteiger charge is 2.18. The van der Waals surface area contributed by atoms with Crippen molar-refractivity contribution in [3.8, 4) is 5.75 Å². The summed E-state index contributed by atoms with van der Waals surface area (Å²) in [6.45, 7) is 2.36. The number of rotatable bonds is 7. The van der Waals surface area contributed by atoms with Crippen LogP contribution in [0.3, 0.4) is 0 Å². The topological polar surface area (TPSA) is 118 Å². The molecule has 1 aliphatic heterocycles. The van der Waals surface area contributed by atoms with Gasteiger partial charge in [0.05, 0.1) is 18.4 Å². The molecule has 0 spiro atoms. The maximum atomic E-state index is 11.8. The van der Waals surface area contributed by atoms with Crippen LogP contribution >= 0.6 is 0 Å². The van der Waals surface area contributed by atoms with Crippen LogP contribution in [0, 0.1) is 0 Å². The number of nitrogens with one attached hydrogen (secondary N) is 2. The van der Waals surface area contributed by atoms with E-state index in [0.29, 0.717) is 18.3 Å². The Balaban J connectivity index is 1.61. The number of carbonyl (C=O) groups excluding carboxylic acids is 1. The molecule has 0 bridgehead atoms. The van der Waals surface area contributed by atoms with E-state index in [9.17, 15) is 4.79 Å². The summed E-state index contributed by atoms with van der Waals surface area (Å²) in [5.74, 6) is 0.818. The van der Waals surface area contributed by atoms with Crippen molar-refractivity contribution < 1.29 is 9.53 Å². The molecule has 4 rings (SSSR count). The highest BCUT2D eigenvalue weighted by Crippen LogP contribution is 2.33. The molecule has 2 aromatic heterocycles. The number of fused-ring (bicyclic) bond motifs is 1. The average molecular weight is 419 g/mol. The molecule has 0 aliphatic carbocycles. The molecule has 0 radical (unpaired) electrons. The van der Waals surface area contributed by atoms with Crippen molar-refractivity contribution >= 4 is 23.4 Å². The lowest BCUT2D eigenvalue weighted by atomic mass is 9.99. The Labute approximate surface area is 180 Å². The number of primary amides is 1. The molecule has 31 heavy (non-hydrogen) atoms. The number of nitrogens with zero attached hydrogens (tertiary/aromatic N) is 4. The summed E-state index contributed by atoms with van der Waals surface area (Å²) in [5, 5.41) is 6.39. The highest BCUT2D eigenvalue weighted by molar-refractivity contribution is 5.97. The zero-order chi connectivity index (χ0) is 21.8. The van der Waals surface area contributed by atoms with Crippen LogP contribution in [0.5, 0.6) is 5.75 Å². The molecule has 3 aromatic rings. The summed E-state index contributed by atoms with van der Waals surface area (Å²) in [6, 6.07) is 7.89. The van der Waals surface area contributed by atoms with Crippen LogP contribution in [0.25, 0.3) is 0 Å². The number of ether oxygens (including phenoxy) is 1. The third kappa shape index (κ3) is 4.72. The fourth-order valence-corrected chi connectivity index (χ4v) is 3.56. The Hall–Kier alpha value is -3.72. The van der Waals surface area contributed by atoms with Crippen LogP contribution < -0.4 is 21.1 Å². The number of methoxy groups -OCH3 is 1. The number of amides is 1. The second-order valence-corrected chi connectivity index (χ2v) is 7.46. The number of pyridine rings is 1. The minimum atomic E-state index is -0.599. The zero-order valence-corrected chi connectivity index (χ0v) is 17.6. The Morgan fingerprint density at radius 1 is 1.26 bits per heavy atom. The van der Waals surface area contributed by atoms with Crippen LogP contribution in [0.1, 0.15) is 27.0 Å². The molecular formula is C22H25N7O2. The molecule has 0 saturated heterocycles. The van der Waals surface area contributed by atoms with Crippen LogP contribution in [0.2, 0.25) is 0 Å². The summed E-state index contributed by atoms with van der Waals surface area (Å²) in [7, 11) is 3.74. The Morgan fingerprint density at radius 2 is 2.06 bits per heavy atom. The summed E-state index contributed by atoms with van der Waals surface area (Å²) in [6.07, 6.45) is 5.82. The highest BCUT2D eigenvalue weighted by atomic mass is 16.5. The van der Waals surface area contributed by atoms with E-state index in [1.807, 2.05) is 12.1 Å². The van der Waals surface area contributed by atoms with E-state index in [1.54, 1.807) is 19.5 Å². The number of nitrogens with two attached hydrogens (primary N) is 1. The van der Waals surface area contributed by atoms with Crippen molar-refractivity contribution in [2.24, 2.45) is 5.73 Å². The van der Waals surface area contributed by atoms with Gasteiger partial charge in [0, 0.05) is 38.2 Å². The standard InChI is InChI=1S/C22H25N7O2/c1-29-8-5-15-10-19(31-2)18(9-16(15)13-29)27-22-26-12-17(20(23)30)21(28-22)25-11-14-3-6-24-7-4-14/h3-4,6-7,9-10,12H,5,8,11,13H2,1-2H3,(H2,23,30)(H2,25,26,27,28). The van der Waals surface area contributed by atoms with Gasteiger partial charge in [-0.05, 0) is 54.4 Å². The lowest BCUT2D eigenvalue weighted by Gasteiger charge is -2.26. The van der Waals surface area contributed by atoms with Gasteiger partial charge < -0.3 is 26.0 Å². The van der Waals surface area contributed by atoms with Crippen molar-refractivity contribution in [2.75, 3.05) is 31.3 Å². The third-order valence-electron chi connectivity index (χ3n) is 5.23. The number of hydrogen-bond acceptors (Lipinski definition) is 8. The first-order valence-corrected chi connectivity index (χ1v) is 9.98. The van der Waals surface area contributed by atoms with E-state index in [-0.39, 0.29) is 5.56 Å². The van der Waals surface area contributed by atoms with Gasteiger partial charge in [0.15, 0.2) is 0 Å². The minimum absolute atomic E-state index is 0.221. The summed E-state index contributed by atoms with van der Waals surface area (Å²) < 4.78 is 5.58. The molecule has 160 valence electrons. The Kier molecular flexibility index (Phi) is 5.94. The van der Waals surface area contributed by atoms with Crippen LogP contribution in [0.4, 0.5) is 17.5 Å². The first kappa shape index (κ1) is 20.5. The fourth-order valence-electron chi connectivity index (χ4n) is 3.56. The van der Waals surface area contributed by atoms with Crippen molar-refractivity contribution in [3.05, 3.63) is 65.1 Å². The number of carbonyl (C=O) groups is 1. The van der Waals surface area contributed by atoms with Gasteiger partial charge in [0.1, 0.15) is 11.6 Å². The first-order chi connectivity index (χ1) is 15.0. The Morgan fingerprint density at radius 3 is 2.81 bits per heavy atom. The van der Waals surface area contributed by atoms with Gasteiger partial charge in [0.2, 0.25) is 5.95 Å². The molecular weight excluding hydrogens is 394 g/mol. The average Bonchev–Trinajstić information content (AvgIpc) is 2.78. The van der Waals surface area contributed by atoms with Crippen molar-refractivity contribution in [3.63, 3.8) is 0 Å². The lowest BCUT2D eigenvalue weighted by molar-refractivity contribution is 0.100. The molecule has 0 unspecified atom stereocenters. The monoisotopic (exact) mass is 419 g/mol. The van der Waals surface area contributed by atoms with Gasteiger partial charge in [-0.15, -0.1) is 0 Å². The molecule has 4 N–H and O–H groups in total. The summed E-state index contributed by atoms with van der Waals surface area (Å²) in [5.41, 5.74) is 10.0. The largest absolute Gasteiger partial charge is 0.495 e. The van der Waals surface area contributed by atoms with Crippen LogP contribution in [0.15, 0.2) is 42.9 Å². The third-order valence-corrected chi connectivity index (χ3v) is 5.23. The molecule has 1 amide bonds. The van der Waals surface area contributed by atoms with Gasteiger partial charge in [-0.3, -0.25) is 9.78 Å². The molecule has 1 aromatic carbocycles. The molecule has 1 aliphatic rings. The maximum absolute atomic E-state index is 11.8. The van der Waals surface area contributed by atoms with Gasteiger partial charge in [0.25, 0.3) is 5.91 Å².